The van der Waals surface area contributed by atoms with Gasteiger partial charge in [-0.25, -0.2) is 13.5 Å². The van der Waals surface area contributed by atoms with Gasteiger partial charge in [0.25, 0.3) is 5.91 Å². The number of carbonyl (C=O) groups excluding carboxylic acids is 2. The normalized spacial score (nSPS) is 17.3. The quantitative estimate of drug-likeness (QED) is 0.860. The van der Waals surface area contributed by atoms with Gasteiger partial charge in [-0.15, -0.1) is 0 Å². The molecule has 1 unspecified atom stereocenters. The number of ketones is 1. The maximum atomic E-state index is 13.8. The fourth-order valence-electron chi connectivity index (χ4n) is 2.72. The van der Waals surface area contributed by atoms with Crippen LogP contribution in [0.1, 0.15) is 53.3 Å². The molecule has 1 aliphatic rings. The number of hydrogen-bond donors (Lipinski definition) is 1. The summed E-state index contributed by atoms with van der Waals surface area (Å²) in [6.07, 6.45) is 3.76. The number of rotatable bonds is 4. The van der Waals surface area contributed by atoms with Gasteiger partial charge >= 0.3 is 0 Å². The number of benzene rings is 1. The minimum atomic E-state index is -0.984. The highest BCUT2D eigenvalue weighted by Crippen LogP contribution is 2.26. The Hall–Kier alpha value is -2.61. The highest BCUT2D eigenvalue weighted by atomic mass is 19.1. The molecule has 2 heterocycles. The molecule has 1 saturated heterocycles. The highest BCUT2D eigenvalue weighted by molar-refractivity contribution is 6.08. The molecule has 3 rings (SSSR count). The summed E-state index contributed by atoms with van der Waals surface area (Å²) in [6, 6.07) is 3.15. The van der Waals surface area contributed by atoms with E-state index in [0.717, 1.165) is 31.4 Å². The first-order valence-corrected chi connectivity index (χ1v) is 7.94. The highest BCUT2D eigenvalue weighted by Gasteiger charge is 2.24. The Balaban J connectivity index is 1.89. The van der Waals surface area contributed by atoms with E-state index >= 15 is 0 Å². The number of anilines is 1. The maximum absolute atomic E-state index is 13.8. The Morgan fingerprint density at radius 2 is 2.00 bits per heavy atom. The smallest absolute Gasteiger partial charge is 0.261 e. The first-order chi connectivity index (χ1) is 12.0. The average molecular weight is 349 g/mol. The lowest BCUT2D eigenvalue weighted by Crippen LogP contribution is -2.18. The number of nitrogens with zero attached hydrogens (tertiary/aromatic N) is 2. The van der Waals surface area contributed by atoms with Gasteiger partial charge in [-0.05, 0) is 31.4 Å². The zero-order valence-electron chi connectivity index (χ0n) is 13.6. The monoisotopic (exact) mass is 349 g/mol. The number of halogens is 2. The van der Waals surface area contributed by atoms with E-state index in [4.69, 9.17) is 4.74 Å². The van der Waals surface area contributed by atoms with E-state index < -0.39 is 23.1 Å². The Labute approximate surface area is 142 Å². The van der Waals surface area contributed by atoms with Crippen molar-refractivity contribution in [1.82, 2.24) is 9.78 Å². The number of amides is 1. The van der Waals surface area contributed by atoms with Gasteiger partial charge in [-0.1, -0.05) is 6.07 Å². The van der Waals surface area contributed by atoms with E-state index in [1.54, 1.807) is 0 Å². The van der Waals surface area contributed by atoms with Crippen molar-refractivity contribution in [3.63, 3.8) is 0 Å². The predicted octanol–water partition coefficient (Wildman–Crippen LogP) is 3.32. The van der Waals surface area contributed by atoms with E-state index in [9.17, 15) is 18.4 Å². The molecule has 0 radical (unpaired) electrons. The molecule has 6 nitrogen and oxygen atoms in total. The van der Waals surface area contributed by atoms with Crippen LogP contribution in [0, 0.1) is 11.6 Å². The van der Waals surface area contributed by atoms with Gasteiger partial charge in [0.15, 0.2) is 11.5 Å². The number of ether oxygens (including phenoxy) is 1. The summed E-state index contributed by atoms with van der Waals surface area (Å²) in [6.45, 7) is 1.88. The van der Waals surface area contributed by atoms with Crippen molar-refractivity contribution in [2.75, 3.05) is 11.9 Å². The van der Waals surface area contributed by atoms with Gasteiger partial charge in [-0.3, -0.25) is 9.59 Å². The molecule has 1 amide bonds. The Morgan fingerprint density at radius 3 is 2.60 bits per heavy atom. The molecule has 2 aromatic rings. The van der Waals surface area contributed by atoms with Crippen LogP contribution in [0.4, 0.5) is 14.5 Å². The van der Waals surface area contributed by atoms with Crippen LogP contribution < -0.4 is 5.32 Å². The van der Waals surface area contributed by atoms with Crippen molar-refractivity contribution in [1.29, 1.82) is 0 Å². The molecule has 0 saturated carbocycles. The largest absolute Gasteiger partial charge is 0.357 e. The van der Waals surface area contributed by atoms with Gasteiger partial charge < -0.3 is 10.1 Å². The SMILES string of the molecule is CC(=O)c1nn(C2CCCCO2)cc1NC(=O)c1c(F)cccc1F. The first kappa shape index (κ1) is 17.2. The van der Waals surface area contributed by atoms with Crippen molar-refractivity contribution in [2.45, 2.75) is 32.4 Å². The minimum Gasteiger partial charge on any atom is -0.357 e. The molecule has 1 aromatic heterocycles. The van der Waals surface area contributed by atoms with Gasteiger partial charge in [0.1, 0.15) is 23.4 Å². The van der Waals surface area contributed by atoms with E-state index in [-0.39, 0.29) is 23.4 Å². The topological polar surface area (TPSA) is 73.2 Å². The molecule has 1 fully saturated rings. The second-order valence-corrected chi connectivity index (χ2v) is 5.80. The van der Waals surface area contributed by atoms with Crippen molar-refractivity contribution in [3.8, 4) is 0 Å². The third-order valence-corrected chi connectivity index (χ3v) is 3.95. The molecule has 1 atom stereocenters. The van der Waals surface area contributed by atoms with Crippen LogP contribution in [0.5, 0.6) is 0 Å². The van der Waals surface area contributed by atoms with E-state index in [1.165, 1.54) is 23.9 Å². The van der Waals surface area contributed by atoms with Crippen LogP contribution in [0.3, 0.4) is 0 Å². The van der Waals surface area contributed by atoms with Gasteiger partial charge in [0, 0.05) is 13.5 Å². The zero-order valence-corrected chi connectivity index (χ0v) is 13.6. The molecule has 0 spiro atoms. The Bertz CT molecular complexity index is 793. The van der Waals surface area contributed by atoms with Crippen LogP contribution in [0.25, 0.3) is 0 Å². The van der Waals surface area contributed by atoms with Crippen LogP contribution in [-0.4, -0.2) is 28.1 Å². The zero-order chi connectivity index (χ0) is 18.0. The van der Waals surface area contributed by atoms with Gasteiger partial charge in [0.2, 0.25) is 0 Å². The lowest BCUT2D eigenvalue weighted by Gasteiger charge is -2.22. The average Bonchev–Trinajstić information content (AvgIpc) is 2.99. The summed E-state index contributed by atoms with van der Waals surface area (Å²) >= 11 is 0. The lowest BCUT2D eigenvalue weighted by molar-refractivity contribution is -0.0395. The number of hydrogen-bond acceptors (Lipinski definition) is 4. The van der Waals surface area contributed by atoms with Gasteiger partial charge in [0.05, 0.1) is 11.9 Å². The standard InChI is InChI=1S/C17H17F2N3O3/c1-10(23)16-13(9-22(21-16)14-7-2-3-8-25-14)20-17(24)15-11(18)5-4-6-12(15)19/h4-6,9,14H,2-3,7-8H2,1H3,(H,20,24). The third-order valence-electron chi connectivity index (χ3n) is 3.95. The Kier molecular flexibility index (Phi) is 4.89. The van der Waals surface area contributed by atoms with E-state index in [2.05, 4.69) is 10.4 Å². The second kappa shape index (κ2) is 7.10. The molecule has 1 aromatic carbocycles. The summed E-state index contributed by atoms with van der Waals surface area (Å²) in [5.74, 6) is -3.32. The second-order valence-electron chi connectivity index (χ2n) is 5.80. The summed E-state index contributed by atoms with van der Waals surface area (Å²) in [4.78, 5) is 24.0. The predicted molar refractivity (Wildman–Crippen MR) is 85.4 cm³/mol. The molecule has 25 heavy (non-hydrogen) atoms. The van der Waals surface area contributed by atoms with Crippen molar-refractivity contribution in [2.24, 2.45) is 0 Å². The molecule has 0 bridgehead atoms. The number of nitrogens with one attached hydrogen (secondary N) is 1. The van der Waals surface area contributed by atoms with Crippen LogP contribution in [-0.2, 0) is 4.74 Å². The number of carbonyl (C=O) groups is 2. The van der Waals surface area contributed by atoms with Crippen molar-refractivity contribution >= 4 is 17.4 Å². The summed E-state index contributed by atoms with van der Waals surface area (Å²) in [5, 5.41) is 6.54. The lowest BCUT2D eigenvalue weighted by atomic mass is 10.1. The minimum absolute atomic E-state index is 0.0132. The van der Waals surface area contributed by atoms with E-state index in [0.29, 0.717) is 6.61 Å². The molecule has 132 valence electrons. The fourth-order valence-corrected chi connectivity index (χ4v) is 2.72. The van der Waals surface area contributed by atoms with Crippen molar-refractivity contribution < 1.29 is 23.1 Å². The fraction of sp³-hybridized carbons (Fsp3) is 0.353. The summed E-state index contributed by atoms with van der Waals surface area (Å²) in [5.41, 5.74) is -0.604. The molecule has 8 heteroatoms. The number of aromatic nitrogens is 2. The molecule has 0 aliphatic carbocycles. The third kappa shape index (κ3) is 3.58. The summed E-state index contributed by atoms with van der Waals surface area (Å²) in [7, 11) is 0. The molecular weight excluding hydrogens is 332 g/mol. The maximum Gasteiger partial charge on any atom is 0.261 e. The first-order valence-electron chi connectivity index (χ1n) is 7.94. The van der Waals surface area contributed by atoms with Crippen LogP contribution in [0.15, 0.2) is 24.4 Å². The van der Waals surface area contributed by atoms with Crippen LogP contribution >= 0.6 is 0 Å². The van der Waals surface area contributed by atoms with Crippen LogP contribution in [0.2, 0.25) is 0 Å². The van der Waals surface area contributed by atoms with Crippen molar-refractivity contribution in [3.05, 3.63) is 47.3 Å². The van der Waals surface area contributed by atoms with Gasteiger partial charge in [-0.2, -0.15) is 5.10 Å². The molecule has 1 N–H and O–H groups in total. The molecule has 1 aliphatic heterocycles. The number of Topliss-reactive ketones (excluding diaryl/α,β-unsaturated/α-hetero) is 1. The summed E-state index contributed by atoms with van der Waals surface area (Å²) < 4.78 is 34.6. The van der Waals surface area contributed by atoms with E-state index in [1.807, 2.05) is 0 Å². The molecular formula is C17H17F2N3O3. The Morgan fingerprint density at radius 1 is 1.28 bits per heavy atom.